The number of benzene rings is 1. The highest BCUT2D eigenvalue weighted by Gasteiger charge is 2.38. The lowest BCUT2D eigenvalue weighted by Crippen LogP contribution is -2.33. The number of fused-ring (bicyclic) bond motifs is 1. The zero-order valence-corrected chi connectivity index (χ0v) is 9.68. The quantitative estimate of drug-likeness (QED) is 0.780. The van der Waals surface area contributed by atoms with Gasteiger partial charge in [0, 0.05) is 11.6 Å². The number of halogens is 4. The smallest absolute Gasteiger partial charge is 0.274 e. The molecule has 3 nitrogen and oxygen atoms in total. The van der Waals surface area contributed by atoms with Crippen LogP contribution in [-0.4, -0.2) is 29.4 Å². The summed E-state index contributed by atoms with van der Waals surface area (Å²) in [6.45, 7) is -0.673. The van der Waals surface area contributed by atoms with Crippen molar-refractivity contribution in [1.29, 1.82) is 0 Å². The molecule has 0 aromatic heterocycles. The minimum Gasteiger partial charge on any atom is -0.274 e. The van der Waals surface area contributed by atoms with Gasteiger partial charge in [-0.05, 0) is 18.2 Å². The number of amides is 2. The van der Waals surface area contributed by atoms with Gasteiger partial charge in [-0.3, -0.25) is 14.5 Å². The lowest BCUT2D eigenvalue weighted by molar-refractivity contribution is -0.135. The largest absolute Gasteiger partial charge is 0.390 e. The van der Waals surface area contributed by atoms with Crippen LogP contribution < -0.4 is 0 Å². The van der Waals surface area contributed by atoms with Crippen molar-refractivity contribution in [3.63, 3.8) is 0 Å². The predicted molar refractivity (Wildman–Crippen MR) is 57.5 cm³/mol. The molecule has 7 heteroatoms. The molecule has 1 aliphatic heterocycles. The van der Waals surface area contributed by atoms with Crippen molar-refractivity contribution in [3.8, 4) is 0 Å². The first-order valence-electron chi connectivity index (χ1n) is 5.02. The summed E-state index contributed by atoms with van der Waals surface area (Å²) in [7, 11) is 0. The van der Waals surface area contributed by atoms with Crippen LogP contribution in [0.15, 0.2) is 18.2 Å². The van der Waals surface area contributed by atoms with E-state index in [0.29, 0.717) is 4.90 Å². The van der Waals surface area contributed by atoms with Gasteiger partial charge in [0.25, 0.3) is 11.8 Å². The second kappa shape index (κ2) is 4.28. The molecule has 1 aliphatic rings. The molecule has 1 aromatic carbocycles. The Kier molecular flexibility index (Phi) is 3.06. The molecule has 0 saturated heterocycles. The van der Waals surface area contributed by atoms with Gasteiger partial charge in [-0.15, -0.1) is 0 Å². The summed E-state index contributed by atoms with van der Waals surface area (Å²) in [6, 6.07) is 4.04. The minimum atomic E-state index is -4.41. The van der Waals surface area contributed by atoms with Crippen molar-refractivity contribution in [3.05, 3.63) is 34.3 Å². The number of carbonyl (C=O) groups is 2. The first-order valence-corrected chi connectivity index (χ1v) is 5.40. The number of carbonyl (C=O) groups excluding carboxylic acids is 2. The Hall–Kier alpha value is -1.56. The van der Waals surface area contributed by atoms with Gasteiger partial charge in [0.1, 0.15) is 0 Å². The van der Waals surface area contributed by atoms with E-state index in [-0.39, 0.29) is 16.1 Å². The maximum Gasteiger partial charge on any atom is 0.390 e. The van der Waals surface area contributed by atoms with E-state index in [4.69, 9.17) is 11.6 Å². The highest BCUT2D eigenvalue weighted by molar-refractivity contribution is 6.32. The van der Waals surface area contributed by atoms with Gasteiger partial charge in [0.05, 0.1) is 17.5 Å². The molecule has 0 unspecified atom stereocenters. The predicted octanol–water partition coefficient (Wildman–Crippen LogP) is 2.89. The Morgan fingerprint density at radius 3 is 2.33 bits per heavy atom. The first-order chi connectivity index (χ1) is 8.29. The molecule has 0 N–H and O–H groups in total. The van der Waals surface area contributed by atoms with Crippen molar-refractivity contribution in [2.45, 2.75) is 12.6 Å². The fourth-order valence-electron chi connectivity index (χ4n) is 1.70. The van der Waals surface area contributed by atoms with E-state index in [0.717, 1.165) is 0 Å². The summed E-state index contributed by atoms with van der Waals surface area (Å²) < 4.78 is 36.3. The Morgan fingerprint density at radius 1 is 1.11 bits per heavy atom. The van der Waals surface area contributed by atoms with Crippen molar-refractivity contribution in [2.24, 2.45) is 0 Å². The molecule has 0 aliphatic carbocycles. The zero-order chi connectivity index (χ0) is 13.5. The molecule has 0 atom stereocenters. The Balaban J connectivity index is 2.23. The summed E-state index contributed by atoms with van der Waals surface area (Å²) >= 11 is 5.67. The average Bonchev–Trinajstić information content (AvgIpc) is 2.48. The molecule has 0 fully saturated rings. The van der Waals surface area contributed by atoms with Crippen LogP contribution in [0.5, 0.6) is 0 Å². The SMILES string of the molecule is O=C1c2ccc(Cl)cc2C(=O)N1CCC(F)(F)F. The molecule has 0 bridgehead atoms. The van der Waals surface area contributed by atoms with Crippen LogP contribution in [0.2, 0.25) is 5.02 Å². The third-order valence-electron chi connectivity index (χ3n) is 2.55. The number of rotatable bonds is 2. The van der Waals surface area contributed by atoms with E-state index >= 15 is 0 Å². The maximum absolute atomic E-state index is 12.1. The van der Waals surface area contributed by atoms with Gasteiger partial charge in [-0.2, -0.15) is 13.2 Å². The van der Waals surface area contributed by atoms with Crippen LogP contribution in [0.3, 0.4) is 0 Å². The zero-order valence-electron chi connectivity index (χ0n) is 8.92. The van der Waals surface area contributed by atoms with Crippen LogP contribution in [0.4, 0.5) is 13.2 Å². The standard InChI is InChI=1S/C11H7ClF3NO2/c12-6-1-2-7-8(5-6)10(18)16(9(7)17)4-3-11(13,14)15/h1-2,5H,3-4H2. The summed E-state index contributed by atoms with van der Waals surface area (Å²) in [6.07, 6.45) is -5.63. The van der Waals surface area contributed by atoms with Crippen molar-refractivity contribution in [2.75, 3.05) is 6.54 Å². The molecule has 96 valence electrons. The average molecular weight is 278 g/mol. The molecule has 0 spiro atoms. The topological polar surface area (TPSA) is 37.4 Å². The molecule has 18 heavy (non-hydrogen) atoms. The highest BCUT2D eigenvalue weighted by atomic mass is 35.5. The van der Waals surface area contributed by atoms with E-state index in [1.165, 1.54) is 18.2 Å². The van der Waals surface area contributed by atoms with Crippen molar-refractivity contribution in [1.82, 2.24) is 4.90 Å². The summed E-state index contributed by atoms with van der Waals surface area (Å²) in [5.74, 6) is -1.45. The number of hydrogen-bond acceptors (Lipinski definition) is 2. The van der Waals surface area contributed by atoms with Gasteiger partial charge in [0.2, 0.25) is 0 Å². The van der Waals surface area contributed by atoms with Gasteiger partial charge >= 0.3 is 6.18 Å². The molecule has 0 saturated carbocycles. The fourth-order valence-corrected chi connectivity index (χ4v) is 1.88. The lowest BCUT2D eigenvalue weighted by Gasteiger charge is -2.14. The van der Waals surface area contributed by atoms with Gasteiger partial charge in [-0.25, -0.2) is 0 Å². The number of nitrogens with zero attached hydrogens (tertiary/aromatic N) is 1. The van der Waals surface area contributed by atoms with Crippen LogP contribution >= 0.6 is 11.6 Å². The molecule has 1 heterocycles. The van der Waals surface area contributed by atoms with E-state index < -0.39 is 31.0 Å². The molecular formula is C11H7ClF3NO2. The molecule has 2 amide bonds. The van der Waals surface area contributed by atoms with Gasteiger partial charge < -0.3 is 0 Å². The molecular weight excluding hydrogens is 271 g/mol. The second-order valence-corrected chi connectivity index (χ2v) is 4.25. The molecule has 2 rings (SSSR count). The third kappa shape index (κ3) is 2.33. The van der Waals surface area contributed by atoms with Gasteiger partial charge in [0.15, 0.2) is 0 Å². The van der Waals surface area contributed by atoms with Crippen molar-refractivity contribution >= 4 is 23.4 Å². The maximum atomic E-state index is 12.1. The molecule has 0 radical (unpaired) electrons. The Morgan fingerprint density at radius 2 is 1.72 bits per heavy atom. The number of imide groups is 1. The van der Waals surface area contributed by atoms with Crippen LogP contribution in [0.25, 0.3) is 0 Å². The van der Waals surface area contributed by atoms with Crippen LogP contribution in [0, 0.1) is 0 Å². The lowest BCUT2D eigenvalue weighted by atomic mass is 10.1. The first kappa shape index (κ1) is 12.9. The summed E-state index contributed by atoms with van der Waals surface area (Å²) in [5.41, 5.74) is 0.140. The van der Waals surface area contributed by atoms with Gasteiger partial charge in [-0.1, -0.05) is 11.6 Å². The normalized spacial score (nSPS) is 15.2. The van der Waals surface area contributed by atoms with Crippen LogP contribution in [0.1, 0.15) is 27.1 Å². The Labute approximate surface area is 105 Å². The van der Waals surface area contributed by atoms with Crippen molar-refractivity contribution < 1.29 is 22.8 Å². The molecule has 1 aromatic rings. The monoisotopic (exact) mass is 277 g/mol. The minimum absolute atomic E-state index is 0.0506. The number of alkyl halides is 3. The summed E-state index contributed by atoms with van der Waals surface area (Å²) in [4.78, 5) is 24.1. The fraction of sp³-hybridized carbons (Fsp3) is 0.273. The number of hydrogen-bond donors (Lipinski definition) is 0. The second-order valence-electron chi connectivity index (χ2n) is 3.82. The van der Waals surface area contributed by atoms with E-state index in [2.05, 4.69) is 0 Å². The van der Waals surface area contributed by atoms with E-state index in [1.807, 2.05) is 0 Å². The van der Waals surface area contributed by atoms with Crippen LogP contribution in [-0.2, 0) is 0 Å². The third-order valence-corrected chi connectivity index (χ3v) is 2.79. The van der Waals surface area contributed by atoms with E-state index in [9.17, 15) is 22.8 Å². The highest BCUT2D eigenvalue weighted by Crippen LogP contribution is 2.28. The van der Waals surface area contributed by atoms with E-state index in [1.54, 1.807) is 0 Å². The Bertz CT molecular complexity index is 528. The summed E-state index contributed by atoms with van der Waals surface area (Å²) in [5, 5.41) is 0.257.